The van der Waals surface area contributed by atoms with Crippen molar-refractivity contribution in [2.24, 2.45) is 39.4 Å². The van der Waals surface area contributed by atoms with Gasteiger partial charge in [-0.1, -0.05) is 64.1 Å². The van der Waals surface area contributed by atoms with Crippen molar-refractivity contribution in [1.82, 2.24) is 42.1 Å². The molecular weight excluding hydrogens is 1020 g/mol. The Kier molecular flexibility index (Phi) is 23.9. The Balaban J connectivity index is 1.71. The zero-order chi connectivity index (χ0) is 55.2. The molecule has 0 radical (unpaired) electrons. The largest absolute Gasteiger partial charge is 0.508 e. The van der Waals surface area contributed by atoms with Crippen LogP contribution in [0.15, 0.2) is 59.6 Å². The highest BCUT2D eigenvalue weighted by Gasteiger charge is 2.40. The highest BCUT2D eigenvalue weighted by molar-refractivity contribution is 8.76. The number of phenolic OH excluding ortho intramolecular Hbond substituents is 1. The molecule has 2 heterocycles. The number of nitrogens with one attached hydrogen (secondary N) is 7. The number of aliphatic imine (C=N–C) groups is 1. The van der Waals surface area contributed by atoms with Crippen LogP contribution in [0, 0.1) is 0 Å². The van der Waals surface area contributed by atoms with Crippen molar-refractivity contribution in [1.29, 1.82) is 0 Å². The highest BCUT2D eigenvalue weighted by atomic mass is 33.1. The number of nitrogens with zero attached hydrogens (tertiary/aromatic N) is 2. The van der Waals surface area contributed by atoms with Crippen molar-refractivity contribution >= 4 is 92.5 Å². The maximum atomic E-state index is 14.6. The normalized spacial score (nSPS) is 22.6. The van der Waals surface area contributed by atoms with E-state index in [4.69, 9.17) is 34.4 Å². The minimum absolute atomic E-state index is 0.00106. The van der Waals surface area contributed by atoms with E-state index in [0.717, 1.165) is 21.6 Å². The number of hydrogen-bond acceptors (Lipinski definition) is 16. The second kappa shape index (κ2) is 29.9. The van der Waals surface area contributed by atoms with Crippen LogP contribution < -0.4 is 71.6 Å². The van der Waals surface area contributed by atoms with Gasteiger partial charge < -0.3 is 81.6 Å². The first-order chi connectivity index (χ1) is 35.6. The molecule has 27 nitrogen and oxygen atoms in total. The van der Waals surface area contributed by atoms with Crippen LogP contribution in [0.3, 0.4) is 0 Å². The molecule has 11 amide bonds. The summed E-state index contributed by atoms with van der Waals surface area (Å²) < 4.78 is 0. The van der Waals surface area contributed by atoms with E-state index in [1.54, 1.807) is 30.3 Å². The van der Waals surface area contributed by atoms with Crippen LogP contribution in [0.25, 0.3) is 0 Å². The standard InChI is InChI=1S/C46H65N15O12S2/c47-27-22-74-75-23-33(45(73)61-17-5-9-34(61)44(72)56-28(8-4-16-53-46(51)52)39(67)54-21-37(50)65)60-43(71)32(20-36(49)64)59-40(68)29(14-15-35(48)63)55-41(69)31(18-24-6-2-1-3-7-24)58-42(70)30(57-38(27)66)19-25-10-12-26(62)13-11-25/h1-3,6-7,10-13,27-34,62H,4-5,8-9,14-23,47H2,(H2,48,63)(H2,49,64)(H2,50,65)(H,54,67)(H,55,69)(H,56,72)(H,57,66)(H,58,70)(H,59,68)(H,60,71)(H4,51,52,53)/t27-,28+,29+,30+,31+,32+,33-,34+/m1/s1. The van der Waals surface area contributed by atoms with E-state index < -0.39 is 139 Å². The summed E-state index contributed by atoms with van der Waals surface area (Å²) in [7, 11) is 1.99. The lowest BCUT2D eigenvalue weighted by molar-refractivity contribution is -0.142. The second-order valence-corrected chi connectivity index (χ2v) is 20.2. The fourth-order valence-corrected chi connectivity index (χ4v) is 10.1. The number of carbonyl (C=O) groups excluding carboxylic acids is 11. The summed E-state index contributed by atoms with van der Waals surface area (Å²) in [6.07, 6.45) is -1.38. The molecule has 2 aromatic rings. The summed E-state index contributed by atoms with van der Waals surface area (Å²) in [4.78, 5) is 153. The molecule has 0 spiro atoms. The molecule has 0 saturated carbocycles. The third kappa shape index (κ3) is 20.3. The number of phenols is 1. The van der Waals surface area contributed by atoms with Gasteiger partial charge in [0.05, 0.1) is 19.0 Å². The van der Waals surface area contributed by atoms with Crippen molar-refractivity contribution in [3.8, 4) is 5.75 Å². The predicted octanol–water partition coefficient (Wildman–Crippen LogP) is -5.40. The van der Waals surface area contributed by atoms with Crippen LogP contribution in [0.1, 0.15) is 56.1 Å². The molecule has 0 unspecified atom stereocenters. The third-order valence-corrected chi connectivity index (χ3v) is 14.1. The van der Waals surface area contributed by atoms with E-state index in [1.165, 1.54) is 29.2 Å². The zero-order valence-electron chi connectivity index (χ0n) is 40.8. The zero-order valence-corrected chi connectivity index (χ0v) is 42.5. The van der Waals surface area contributed by atoms with Crippen molar-refractivity contribution < 1.29 is 57.8 Å². The Morgan fingerprint density at radius 2 is 1.28 bits per heavy atom. The molecule has 0 bridgehead atoms. The van der Waals surface area contributed by atoms with E-state index in [1.807, 2.05) is 0 Å². The van der Waals surface area contributed by atoms with Gasteiger partial charge in [-0.3, -0.25) is 57.7 Å². The molecule has 4 rings (SSSR count). The number of likely N-dealkylation sites (tertiary alicyclic amines) is 1. The topological polar surface area (TPSA) is 464 Å². The van der Waals surface area contributed by atoms with Crippen molar-refractivity contribution in [2.75, 3.05) is 31.1 Å². The number of amides is 11. The molecule has 2 fully saturated rings. The lowest BCUT2D eigenvalue weighted by atomic mass is 10.0. The molecule has 0 aliphatic carbocycles. The SMILES string of the molecule is NC(=O)CC[C@@H]1NC(=O)[C@H](Cc2ccccc2)NC(=O)[C@H](Cc2ccc(O)cc2)NC(=O)[C@H](N)CSSC[C@H](C(=O)N2CCC[C@H]2C(=O)N[C@@H](CCCN=C(N)N)C(=O)NCC(N)=O)NC(=O)[C@H](CC(N)=O)NC1=O. The summed E-state index contributed by atoms with van der Waals surface area (Å²) in [6, 6.07) is 2.80. The van der Waals surface area contributed by atoms with Gasteiger partial charge in [-0.25, -0.2) is 0 Å². The Hall–Kier alpha value is -7.66. The molecule has 2 aromatic carbocycles. The van der Waals surface area contributed by atoms with Gasteiger partial charge in [0.2, 0.25) is 65.0 Å². The van der Waals surface area contributed by atoms with E-state index in [2.05, 4.69) is 42.2 Å². The fraction of sp³-hybridized carbons (Fsp3) is 0.478. The number of hydrogen-bond donors (Lipinski definition) is 14. The summed E-state index contributed by atoms with van der Waals surface area (Å²) in [6.45, 7) is -0.443. The highest BCUT2D eigenvalue weighted by Crippen LogP contribution is 2.26. The summed E-state index contributed by atoms with van der Waals surface area (Å²) in [5, 5.41) is 27.6. The van der Waals surface area contributed by atoms with Gasteiger partial charge in [0.15, 0.2) is 5.96 Å². The van der Waals surface area contributed by atoms with Gasteiger partial charge in [-0.15, -0.1) is 0 Å². The number of benzene rings is 2. The summed E-state index contributed by atoms with van der Waals surface area (Å²) in [5.41, 5.74) is 34.4. The number of rotatable bonds is 19. The third-order valence-electron chi connectivity index (χ3n) is 11.6. The predicted molar refractivity (Wildman–Crippen MR) is 276 cm³/mol. The maximum Gasteiger partial charge on any atom is 0.246 e. The average Bonchev–Trinajstić information content (AvgIpc) is 3.86. The first-order valence-corrected chi connectivity index (χ1v) is 26.2. The van der Waals surface area contributed by atoms with Crippen LogP contribution in [0.5, 0.6) is 5.75 Å². The molecule has 2 saturated heterocycles. The molecule has 29 heteroatoms. The van der Waals surface area contributed by atoms with Gasteiger partial charge >= 0.3 is 0 Å². The van der Waals surface area contributed by atoms with Gasteiger partial charge in [-0.2, -0.15) is 0 Å². The molecule has 75 heavy (non-hydrogen) atoms. The van der Waals surface area contributed by atoms with E-state index in [9.17, 15) is 57.8 Å². The average molecular weight is 1080 g/mol. The van der Waals surface area contributed by atoms with Gasteiger partial charge in [0, 0.05) is 43.9 Å². The Morgan fingerprint density at radius 1 is 0.707 bits per heavy atom. The van der Waals surface area contributed by atoms with E-state index in [-0.39, 0.29) is 68.4 Å². The van der Waals surface area contributed by atoms with Crippen LogP contribution in [0.4, 0.5) is 0 Å². The van der Waals surface area contributed by atoms with Gasteiger partial charge in [0.1, 0.15) is 48.0 Å². The van der Waals surface area contributed by atoms with Gasteiger partial charge in [0.25, 0.3) is 0 Å². The molecule has 2 aliphatic rings. The number of nitrogens with two attached hydrogens (primary N) is 6. The number of carbonyl (C=O) groups is 11. The monoisotopic (exact) mass is 1080 g/mol. The number of aromatic hydroxyl groups is 1. The Labute approximate surface area is 439 Å². The maximum absolute atomic E-state index is 14.6. The summed E-state index contributed by atoms with van der Waals surface area (Å²) >= 11 is 0. The molecular formula is C46H65N15O12S2. The summed E-state index contributed by atoms with van der Waals surface area (Å²) in [5.74, 6) is -10.5. The number of guanidine groups is 1. The van der Waals surface area contributed by atoms with Gasteiger partial charge in [-0.05, 0) is 55.4 Å². The fourth-order valence-electron chi connectivity index (χ4n) is 7.80. The first-order valence-electron chi connectivity index (χ1n) is 23.7. The smallest absolute Gasteiger partial charge is 0.246 e. The van der Waals surface area contributed by atoms with Crippen LogP contribution in [0.2, 0.25) is 0 Å². The molecule has 2 aliphatic heterocycles. The van der Waals surface area contributed by atoms with Crippen LogP contribution in [-0.2, 0) is 65.6 Å². The van der Waals surface area contributed by atoms with Crippen molar-refractivity contribution in [3.63, 3.8) is 0 Å². The number of primary amides is 3. The quantitative estimate of drug-likeness (QED) is 0.0270. The lowest BCUT2D eigenvalue weighted by Crippen LogP contribution is -2.61. The second-order valence-electron chi connectivity index (χ2n) is 17.6. The van der Waals surface area contributed by atoms with Crippen molar-refractivity contribution in [2.45, 2.75) is 106 Å². The van der Waals surface area contributed by atoms with Crippen LogP contribution >= 0.6 is 21.6 Å². The molecule has 8 atom stereocenters. The molecule has 0 aromatic heterocycles. The minimum Gasteiger partial charge on any atom is -0.508 e. The Bertz CT molecular complexity index is 2420. The molecule has 408 valence electrons. The lowest BCUT2D eigenvalue weighted by Gasteiger charge is -2.31. The van der Waals surface area contributed by atoms with Crippen molar-refractivity contribution in [3.05, 3.63) is 65.7 Å². The van der Waals surface area contributed by atoms with Crippen LogP contribution in [-0.4, -0.2) is 160 Å². The van der Waals surface area contributed by atoms with E-state index in [0.29, 0.717) is 17.5 Å². The van der Waals surface area contributed by atoms with E-state index >= 15 is 0 Å². The first kappa shape index (κ1) is 59.9. The Morgan fingerprint density at radius 3 is 1.89 bits per heavy atom. The molecule has 20 N–H and O–H groups in total. The minimum atomic E-state index is -1.80.